The molecule has 3 amide bonds. The van der Waals surface area contributed by atoms with Crippen LogP contribution in [0.3, 0.4) is 0 Å². The van der Waals surface area contributed by atoms with Crippen molar-refractivity contribution < 1.29 is 24.2 Å². The summed E-state index contributed by atoms with van der Waals surface area (Å²) >= 11 is 0. The smallest absolute Gasteiger partial charge is 0.418 e. The standard InChI is InChI=1S/C7H10N2O5/c1-2-14-7(13)9-3-4(5(10)11)8-6(9)12/h4H,2-3H2,1H3,(H,8,12)(H,10,11). The summed E-state index contributed by atoms with van der Waals surface area (Å²) in [5.41, 5.74) is 0. The molecule has 1 heterocycles. The summed E-state index contributed by atoms with van der Waals surface area (Å²) in [6.07, 6.45) is -0.825. The molecular weight excluding hydrogens is 192 g/mol. The number of urea groups is 1. The number of carbonyl (C=O) groups is 3. The molecule has 1 aliphatic rings. The van der Waals surface area contributed by atoms with Crippen molar-refractivity contribution in [2.24, 2.45) is 0 Å². The van der Waals surface area contributed by atoms with Crippen LogP contribution in [0.2, 0.25) is 0 Å². The number of carboxylic acids is 1. The summed E-state index contributed by atoms with van der Waals surface area (Å²) in [5.74, 6) is -1.18. The second-order valence-corrected chi connectivity index (χ2v) is 2.65. The Morgan fingerprint density at radius 1 is 1.71 bits per heavy atom. The molecule has 1 fully saturated rings. The maximum atomic E-state index is 11.1. The summed E-state index contributed by atoms with van der Waals surface area (Å²) in [6, 6.07) is -1.79. The van der Waals surface area contributed by atoms with Crippen molar-refractivity contribution in [2.45, 2.75) is 13.0 Å². The molecule has 1 atom stereocenters. The Hall–Kier alpha value is -1.79. The van der Waals surface area contributed by atoms with Gasteiger partial charge in [0.25, 0.3) is 0 Å². The lowest BCUT2D eigenvalue weighted by Crippen LogP contribution is -2.34. The van der Waals surface area contributed by atoms with Gasteiger partial charge in [0.05, 0.1) is 13.2 Å². The van der Waals surface area contributed by atoms with Crippen LogP contribution in [-0.2, 0) is 9.53 Å². The maximum Gasteiger partial charge on any atom is 0.418 e. The predicted molar refractivity (Wildman–Crippen MR) is 43.7 cm³/mol. The van der Waals surface area contributed by atoms with Gasteiger partial charge in [-0.2, -0.15) is 0 Å². The maximum absolute atomic E-state index is 11.1. The molecule has 0 aromatic rings. The van der Waals surface area contributed by atoms with E-state index in [0.29, 0.717) is 0 Å². The minimum absolute atomic E-state index is 0.139. The zero-order valence-corrected chi connectivity index (χ0v) is 7.52. The molecule has 7 heteroatoms. The van der Waals surface area contributed by atoms with Crippen LogP contribution in [-0.4, -0.2) is 47.3 Å². The number of rotatable bonds is 2. The third kappa shape index (κ3) is 1.93. The molecule has 7 nitrogen and oxygen atoms in total. The highest BCUT2D eigenvalue weighted by Crippen LogP contribution is 2.06. The predicted octanol–water partition coefficient (Wildman–Crippen LogP) is -0.379. The summed E-state index contributed by atoms with van der Waals surface area (Å²) in [5, 5.41) is 10.7. The molecule has 2 N–H and O–H groups in total. The lowest BCUT2D eigenvalue weighted by molar-refractivity contribution is -0.138. The quantitative estimate of drug-likeness (QED) is 0.636. The highest BCUT2D eigenvalue weighted by molar-refractivity contribution is 5.96. The van der Waals surface area contributed by atoms with E-state index in [-0.39, 0.29) is 13.2 Å². The molecule has 14 heavy (non-hydrogen) atoms. The van der Waals surface area contributed by atoms with Gasteiger partial charge in [-0.25, -0.2) is 19.3 Å². The first-order chi connectivity index (χ1) is 6.56. The molecule has 0 radical (unpaired) electrons. The second-order valence-electron chi connectivity index (χ2n) is 2.65. The van der Waals surface area contributed by atoms with Gasteiger partial charge in [-0.1, -0.05) is 0 Å². The van der Waals surface area contributed by atoms with E-state index < -0.39 is 24.1 Å². The third-order valence-electron chi connectivity index (χ3n) is 1.69. The van der Waals surface area contributed by atoms with E-state index in [2.05, 4.69) is 10.1 Å². The van der Waals surface area contributed by atoms with Crippen molar-refractivity contribution in [3.05, 3.63) is 0 Å². The number of nitrogens with zero attached hydrogens (tertiary/aromatic N) is 1. The van der Waals surface area contributed by atoms with Gasteiger partial charge < -0.3 is 15.2 Å². The lowest BCUT2D eigenvalue weighted by atomic mass is 10.3. The third-order valence-corrected chi connectivity index (χ3v) is 1.69. The molecule has 0 saturated carbocycles. The van der Waals surface area contributed by atoms with Crippen LogP contribution in [0, 0.1) is 0 Å². The molecular formula is C7H10N2O5. The number of nitrogens with one attached hydrogen (secondary N) is 1. The Bertz CT molecular complexity index is 277. The Morgan fingerprint density at radius 2 is 2.36 bits per heavy atom. The zero-order chi connectivity index (χ0) is 10.7. The van der Waals surface area contributed by atoms with Crippen molar-refractivity contribution in [3.63, 3.8) is 0 Å². The molecule has 1 aliphatic heterocycles. The number of carbonyl (C=O) groups excluding carboxylic acids is 2. The van der Waals surface area contributed by atoms with E-state index >= 15 is 0 Å². The first-order valence-corrected chi connectivity index (χ1v) is 4.03. The van der Waals surface area contributed by atoms with E-state index in [0.717, 1.165) is 4.90 Å². The molecule has 0 spiro atoms. The summed E-state index contributed by atoms with van der Waals surface area (Å²) in [7, 11) is 0. The van der Waals surface area contributed by atoms with E-state index in [1.807, 2.05) is 0 Å². The first-order valence-electron chi connectivity index (χ1n) is 4.03. The summed E-state index contributed by atoms with van der Waals surface area (Å²) in [6.45, 7) is 1.54. The van der Waals surface area contributed by atoms with Crippen molar-refractivity contribution in [1.29, 1.82) is 0 Å². The number of imide groups is 1. The minimum Gasteiger partial charge on any atom is -0.480 e. The van der Waals surface area contributed by atoms with Crippen molar-refractivity contribution in [1.82, 2.24) is 10.2 Å². The SMILES string of the molecule is CCOC(=O)N1CC(C(=O)O)NC1=O. The number of ether oxygens (including phenoxy) is 1. The fourth-order valence-corrected chi connectivity index (χ4v) is 1.04. The molecule has 0 aromatic carbocycles. The minimum atomic E-state index is -1.18. The molecule has 0 aromatic heterocycles. The van der Waals surface area contributed by atoms with Crippen LogP contribution >= 0.6 is 0 Å². The molecule has 0 aliphatic carbocycles. The van der Waals surface area contributed by atoms with Gasteiger partial charge >= 0.3 is 18.1 Å². The average molecular weight is 202 g/mol. The van der Waals surface area contributed by atoms with Gasteiger partial charge in [-0.3, -0.25) is 0 Å². The second kappa shape index (κ2) is 3.95. The number of hydrogen-bond acceptors (Lipinski definition) is 4. The van der Waals surface area contributed by atoms with Crippen LogP contribution < -0.4 is 5.32 Å². The molecule has 1 unspecified atom stereocenters. The van der Waals surface area contributed by atoms with Crippen molar-refractivity contribution in [3.8, 4) is 0 Å². The average Bonchev–Trinajstić information content (AvgIpc) is 2.48. The number of aliphatic carboxylic acids is 1. The fraction of sp³-hybridized carbons (Fsp3) is 0.571. The number of hydrogen-bond donors (Lipinski definition) is 2. The molecule has 1 rings (SSSR count). The highest BCUT2D eigenvalue weighted by Gasteiger charge is 2.37. The Labute approximate surface area is 79.6 Å². The number of carboxylic acid groups (broad SMARTS) is 1. The zero-order valence-electron chi connectivity index (χ0n) is 7.52. The highest BCUT2D eigenvalue weighted by atomic mass is 16.6. The monoisotopic (exact) mass is 202 g/mol. The van der Waals surface area contributed by atoms with Gasteiger partial charge in [-0.15, -0.1) is 0 Å². The first kappa shape index (κ1) is 10.3. The van der Waals surface area contributed by atoms with E-state index in [9.17, 15) is 14.4 Å². The van der Waals surface area contributed by atoms with Gasteiger partial charge in [0.1, 0.15) is 6.04 Å². The molecule has 0 bridgehead atoms. The van der Waals surface area contributed by atoms with Gasteiger partial charge in [0.2, 0.25) is 0 Å². The van der Waals surface area contributed by atoms with Crippen LogP contribution in [0.25, 0.3) is 0 Å². The Kier molecular flexibility index (Phi) is 2.90. The van der Waals surface area contributed by atoms with Crippen LogP contribution in [0.1, 0.15) is 6.92 Å². The molecule has 1 saturated heterocycles. The summed E-state index contributed by atoms with van der Waals surface area (Å²) < 4.78 is 4.56. The van der Waals surface area contributed by atoms with E-state index in [1.165, 1.54) is 0 Å². The Balaban J connectivity index is 2.61. The topological polar surface area (TPSA) is 95.9 Å². The molecule has 78 valence electrons. The van der Waals surface area contributed by atoms with Gasteiger partial charge in [0.15, 0.2) is 0 Å². The van der Waals surface area contributed by atoms with Crippen LogP contribution in [0.15, 0.2) is 0 Å². The van der Waals surface area contributed by atoms with Gasteiger partial charge in [0, 0.05) is 0 Å². The van der Waals surface area contributed by atoms with E-state index in [4.69, 9.17) is 5.11 Å². The van der Waals surface area contributed by atoms with Crippen molar-refractivity contribution in [2.75, 3.05) is 13.2 Å². The van der Waals surface area contributed by atoms with Crippen LogP contribution in [0.5, 0.6) is 0 Å². The lowest BCUT2D eigenvalue weighted by Gasteiger charge is -2.10. The van der Waals surface area contributed by atoms with E-state index in [1.54, 1.807) is 6.92 Å². The van der Waals surface area contributed by atoms with Gasteiger partial charge in [-0.05, 0) is 6.92 Å². The Morgan fingerprint density at radius 3 is 2.79 bits per heavy atom. The number of amides is 3. The van der Waals surface area contributed by atoms with Crippen LogP contribution in [0.4, 0.5) is 9.59 Å². The fourth-order valence-electron chi connectivity index (χ4n) is 1.04. The van der Waals surface area contributed by atoms with Crippen molar-refractivity contribution >= 4 is 18.1 Å². The summed E-state index contributed by atoms with van der Waals surface area (Å²) in [4.78, 5) is 33.3. The normalized spacial score (nSPS) is 20.5. The largest absolute Gasteiger partial charge is 0.480 e.